The molecule has 1 aromatic rings. The Balaban J connectivity index is 1.75. The van der Waals surface area contributed by atoms with Gasteiger partial charge in [-0.25, -0.2) is 5.01 Å². The summed E-state index contributed by atoms with van der Waals surface area (Å²) < 4.78 is 0. The first-order valence-electron chi connectivity index (χ1n) is 7.96. The molecule has 2 aliphatic heterocycles. The SMILES string of the molecule is CCc1ccc(C2=NN(CN3CCCC3)C(=O)CC2)cc1. The zero-order chi connectivity index (χ0) is 14.7. The molecule has 0 atom stereocenters. The van der Waals surface area contributed by atoms with Crippen LogP contribution in [0.15, 0.2) is 29.4 Å². The van der Waals surface area contributed by atoms with Crippen LogP contribution in [-0.2, 0) is 11.2 Å². The first kappa shape index (κ1) is 14.3. The van der Waals surface area contributed by atoms with E-state index in [4.69, 9.17) is 0 Å². The van der Waals surface area contributed by atoms with Crippen LogP contribution in [0.3, 0.4) is 0 Å². The van der Waals surface area contributed by atoms with Crippen molar-refractivity contribution >= 4 is 11.6 Å². The smallest absolute Gasteiger partial charge is 0.244 e. The Labute approximate surface area is 126 Å². The van der Waals surface area contributed by atoms with Gasteiger partial charge in [0, 0.05) is 12.8 Å². The Morgan fingerprint density at radius 1 is 1.10 bits per heavy atom. The summed E-state index contributed by atoms with van der Waals surface area (Å²) in [6, 6.07) is 8.56. The molecular weight excluding hydrogens is 262 g/mol. The Bertz CT molecular complexity index is 529. The van der Waals surface area contributed by atoms with Crippen molar-refractivity contribution in [2.45, 2.75) is 39.0 Å². The summed E-state index contributed by atoms with van der Waals surface area (Å²) in [5.41, 5.74) is 3.52. The van der Waals surface area contributed by atoms with Gasteiger partial charge in [0.05, 0.1) is 12.4 Å². The van der Waals surface area contributed by atoms with Crippen molar-refractivity contribution in [2.24, 2.45) is 5.10 Å². The fraction of sp³-hybridized carbons (Fsp3) is 0.529. The molecule has 0 aliphatic carbocycles. The summed E-state index contributed by atoms with van der Waals surface area (Å²) in [6.07, 6.45) is 4.84. The molecule has 1 amide bonds. The van der Waals surface area contributed by atoms with Crippen LogP contribution in [0.5, 0.6) is 0 Å². The third-order valence-corrected chi connectivity index (χ3v) is 4.33. The number of hydrogen-bond donors (Lipinski definition) is 0. The highest BCUT2D eigenvalue weighted by molar-refractivity contribution is 6.04. The Morgan fingerprint density at radius 2 is 1.81 bits per heavy atom. The molecule has 1 saturated heterocycles. The Kier molecular flexibility index (Phi) is 4.34. The summed E-state index contributed by atoms with van der Waals surface area (Å²) in [5, 5.41) is 6.28. The summed E-state index contributed by atoms with van der Waals surface area (Å²) in [7, 11) is 0. The Morgan fingerprint density at radius 3 is 2.48 bits per heavy atom. The number of nitrogens with zero attached hydrogens (tertiary/aromatic N) is 3. The molecule has 0 unspecified atom stereocenters. The maximum absolute atomic E-state index is 12.1. The van der Waals surface area contributed by atoms with Gasteiger partial charge >= 0.3 is 0 Å². The maximum Gasteiger partial charge on any atom is 0.244 e. The summed E-state index contributed by atoms with van der Waals surface area (Å²) >= 11 is 0. The van der Waals surface area contributed by atoms with E-state index in [1.54, 1.807) is 5.01 Å². The zero-order valence-electron chi connectivity index (χ0n) is 12.7. The predicted molar refractivity (Wildman–Crippen MR) is 84.1 cm³/mol. The van der Waals surface area contributed by atoms with Crippen molar-refractivity contribution < 1.29 is 4.79 Å². The Hall–Kier alpha value is -1.68. The normalized spacial score (nSPS) is 20.0. The van der Waals surface area contributed by atoms with E-state index >= 15 is 0 Å². The van der Waals surface area contributed by atoms with Crippen molar-refractivity contribution in [2.75, 3.05) is 19.8 Å². The molecule has 0 radical (unpaired) electrons. The van der Waals surface area contributed by atoms with Gasteiger partial charge in [0.1, 0.15) is 0 Å². The minimum absolute atomic E-state index is 0.149. The molecule has 0 bridgehead atoms. The minimum atomic E-state index is 0.149. The number of hydrogen-bond acceptors (Lipinski definition) is 3. The second kappa shape index (κ2) is 6.39. The number of carbonyl (C=O) groups is 1. The van der Waals surface area contributed by atoms with Crippen LogP contribution in [0.4, 0.5) is 0 Å². The number of rotatable bonds is 4. The van der Waals surface area contributed by atoms with Crippen molar-refractivity contribution in [1.82, 2.24) is 9.91 Å². The van der Waals surface area contributed by atoms with Crippen molar-refractivity contribution in [3.8, 4) is 0 Å². The third kappa shape index (κ3) is 3.32. The molecular formula is C17H23N3O. The highest BCUT2D eigenvalue weighted by Gasteiger charge is 2.24. The van der Waals surface area contributed by atoms with Crippen molar-refractivity contribution in [3.05, 3.63) is 35.4 Å². The number of aryl methyl sites for hydroxylation is 1. The molecule has 3 rings (SSSR count). The molecule has 2 aliphatic rings. The zero-order valence-corrected chi connectivity index (χ0v) is 12.7. The van der Waals surface area contributed by atoms with Crippen LogP contribution in [0, 0.1) is 0 Å². The number of hydrazone groups is 1. The topological polar surface area (TPSA) is 35.9 Å². The van der Waals surface area contributed by atoms with E-state index < -0.39 is 0 Å². The fourth-order valence-corrected chi connectivity index (χ4v) is 2.96. The average Bonchev–Trinajstić information content (AvgIpc) is 3.03. The second-order valence-corrected chi connectivity index (χ2v) is 5.86. The molecule has 0 spiro atoms. The van der Waals surface area contributed by atoms with E-state index in [0.717, 1.165) is 37.2 Å². The molecule has 4 nitrogen and oxygen atoms in total. The lowest BCUT2D eigenvalue weighted by molar-refractivity contribution is -0.133. The molecule has 21 heavy (non-hydrogen) atoms. The van der Waals surface area contributed by atoms with Gasteiger partial charge < -0.3 is 0 Å². The maximum atomic E-state index is 12.1. The predicted octanol–water partition coefficient (Wildman–Crippen LogP) is 2.63. The van der Waals surface area contributed by atoms with Crippen molar-refractivity contribution in [1.29, 1.82) is 0 Å². The first-order chi connectivity index (χ1) is 10.3. The number of amides is 1. The first-order valence-corrected chi connectivity index (χ1v) is 7.96. The molecule has 2 heterocycles. The third-order valence-electron chi connectivity index (χ3n) is 4.33. The van der Waals surface area contributed by atoms with E-state index in [1.165, 1.54) is 18.4 Å². The van der Waals surface area contributed by atoms with Crippen LogP contribution in [-0.4, -0.2) is 41.3 Å². The van der Waals surface area contributed by atoms with E-state index in [-0.39, 0.29) is 5.91 Å². The van der Waals surface area contributed by atoms with E-state index in [2.05, 4.69) is 41.2 Å². The van der Waals surface area contributed by atoms with Gasteiger partial charge in [0.25, 0.3) is 0 Å². The van der Waals surface area contributed by atoms with Gasteiger partial charge in [-0.1, -0.05) is 31.2 Å². The van der Waals surface area contributed by atoms with E-state index in [9.17, 15) is 4.79 Å². The molecule has 1 aromatic carbocycles. The molecule has 4 heteroatoms. The van der Waals surface area contributed by atoms with Crippen molar-refractivity contribution in [3.63, 3.8) is 0 Å². The average molecular weight is 285 g/mol. The van der Waals surface area contributed by atoms with Crippen LogP contribution in [0.25, 0.3) is 0 Å². The van der Waals surface area contributed by atoms with Crippen LogP contribution < -0.4 is 0 Å². The fourth-order valence-electron chi connectivity index (χ4n) is 2.96. The lowest BCUT2D eigenvalue weighted by Gasteiger charge is -2.27. The van der Waals surface area contributed by atoms with E-state index in [0.29, 0.717) is 13.1 Å². The van der Waals surface area contributed by atoms with Gasteiger partial charge in [-0.05, 0) is 43.5 Å². The molecule has 1 fully saturated rings. The molecule has 112 valence electrons. The van der Waals surface area contributed by atoms with E-state index in [1.807, 2.05) is 0 Å². The standard InChI is InChI=1S/C17H23N3O/c1-2-14-5-7-15(8-6-14)16-9-10-17(21)20(18-16)13-19-11-3-4-12-19/h5-8H,2-4,9-13H2,1H3. The molecule has 0 N–H and O–H groups in total. The lowest BCUT2D eigenvalue weighted by Crippen LogP contribution is -2.40. The lowest BCUT2D eigenvalue weighted by atomic mass is 10.0. The number of carbonyl (C=O) groups excluding carboxylic acids is 1. The highest BCUT2D eigenvalue weighted by atomic mass is 16.2. The highest BCUT2D eigenvalue weighted by Crippen LogP contribution is 2.18. The van der Waals surface area contributed by atoms with Crippen LogP contribution >= 0.6 is 0 Å². The second-order valence-electron chi connectivity index (χ2n) is 5.86. The summed E-state index contributed by atoms with van der Waals surface area (Å²) in [4.78, 5) is 14.4. The van der Waals surface area contributed by atoms with Crippen LogP contribution in [0.2, 0.25) is 0 Å². The molecule has 0 aromatic heterocycles. The van der Waals surface area contributed by atoms with Gasteiger partial charge in [-0.2, -0.15) is 5.10 Å². The number of benzene rings is 1. The number of likely N-dealkylation sites (tertiary alicyclic amines) is 1. The van der Waals surface area contributed by atoms with Gasteiger partial charge in [0.2, 0.25) is 5.91 Å². The summed E-state index contributed by atoms with van der Waals surface area (Å²) in [6.45, 7) is 4.97. The quantitative estimate of drug-likeness (QED) is 0.852. The van der Waals surface area contributed by atoms with Gasteiger partial charge in [0.15, 0.2) is 0 Å². The van der Waals surface area contributed by atoms with Gasteiger partial charge in [-0.15, -0.1) is 0 Å². The minimum Gasteiger partial charge on any atom is -0.284 e. The molecule has 0 saturated carbocycles. The largest absolute Gasteiger partial charge is 0.284 e. The van der Waals surface area contributed by atoms with Gasteiger partial charge in [-0.3, -0.25) is 9.69 Å². The monoisotopic (exact) mass is 285 g/mol. The summed E-state index contributed by atoms with van der Waals surface area (Å²) in [5.74, 6) is 0.149. The van der Waals surface area contributed by atoms with Crippen LogP contribution in [0.1, 0.15) is 43.7 Å².